The third-order valence-electron chi connectivity index (χ3n) is 3.83. The van der Waals surface area contributed by atoms with E-state index in [0.717, 1.165) is 18.5 Å². The Morgan fingerprint density at radius 1 is 1.20 bits per heavy atom. The van der Waals surface area contributed by atoms with Crippen molar-refractivity contribution in [1.29, 1.82) is 0 Å². The Bertz CT molecular complexity index is 566. The number of hydrogen-bond acceptors (Lipinski definition) is 4. The molecule has 0 aliphatic heterocycles. The molecule has 0 aliphatic rings. The fourth-order valence-electron chi connectivity index (χ4n) is 2.79. The van der Waals surface area contributed by atoms with E-state index in [1.807, 2.05) is 7.05 Å². The summed E-state index contributed by atoms with van der Waals surface area (Å²) in [5, 5.41) is 7.66. The Labute approximate surface area is 125 Å². The normalized spacial score (nSPS) is 12.7. The van der Waals surface area contributed by atoms with Crippen molar-refractivity contribution in [1.82, 2.24) is 14.9 Å². The van der Waals surface area contributed by atoms with Gasteiger partial charge in [-0.15, -0.1) is 5.10 Å². The molecular weight excluding hydrogens is 266 g/mol. The molecule has 20 heavy (non-hydrogen) atoms. The molecular formula is C16H23N3S. The van der Waals surface area contributed by atoms with E-state index in [2.05, 4.69) is 54.7 Å². The van der Waals surface area contributed by atoms with Crippen LogP contribution in [-0.4, -0.2) is 16.6 Å². The molecule has 2 rings (SSSR count). The molecule has 1 aromatic carbocycles. The summed E-state index contributed by atoms with van der Waals surface area (Å²) in [6, 6.07) is 4.83. The van der Waals surface area contributed by atoms with Crippen LogP contribution in [0.15, 0.2) is 12.1 Å². The van der Waals surface area contributed by atoms with Gasteiger partial charge in [-0.3, -0.25) is 0 Å². The SMILES string of the molecule is CCc1nnsc1C(Cc1c(C)cc(C)cc1C)NC. The maximum absolute atomic E-state index is 4.23. The highest BCUT2D eigenvalue weighted by atomic mass is 32.1. The van der Waals surface area contributed by atoms with E-state index < -0.39 is 0 Å². The highest BCUT2D eigenvalue weighted by Gasteiger charge is 2.19. The second kappa shape index (κ2) is 6.46. The Balaban J connectivity index is 2.32. The van der Waals surface area contributed by atoms with Crippen LogP contribution in [-0.2, 0) is 12.8 Å². The van der Waals surface area contributed by atoms with Crippen LogP contribution in [0.5, 0.6) is 0 Å². The van der Waals surface area contributed by atoms with Gasteiger partial charge >= 0.3 is 0 Å². The van der Waals surface area contributed by atoms with Crippen molar-refractivity contribution in [2.24, 2.45) is 0 Å². The summed E-state index contributed by atoms with van der Waals surface area (Å²) in [5.41, 5.74) is 6.64. The first-order chi connectivity index (χ1) is 9.56. The summed E-state index contributed by atoms with van der Waals surface area (Å²) in [4.78, 5) is 1.27. The minimum atomic E-state index is 0.296. The molecule has 0 aliphatic carbocycles. The Morgan fingerprint density at radius 2 is 1.85 bits per heavy atom. The Hall–Kier alpha value is -1.26. The lowest BCUT2D eigenvalue weighted by atomic mass is 9.93. The quantitative estimate of drug-likeness (QED) is 0.915. The first-order valence-electron chi connectivity index (χ1n) is 7.11. The Kier molecular flexibility index (Phi) is 4.89. The predicted octanol–water partition coefficient (Wildman–Crippen LogP) is 3.53. The Morgan fingerprint density at radius 3 is 2.40 bits per heavy atom. The van der Waals surface area contributed by atoms with E-state index in [4.69, 9.17) is 0 Å². The van der Waals surface area contributed by atoms with Crippen molar-refractivity contribution >= 4 is 11.5 Å². The molecule has 1 N–H and O–H groups in total. The van der Waals surface area contributed by atoms with Gasteiger partial charge in [0.25, 0.3) is 0 Å². The van der Waals surface area contributed by atoms with Gasteiger partial charge in [0, 0.05) is 6.04 Å². The maximum atomic E-state index is 4.23. The summed E-state index contributed by atoms with van der Waals surface area (Å²) < 4.78 is 4.11. The van der Waals surface area contributed by atoms with Crippen LogP contribution in [0.1, 0.15) is 45.8 Å². The molecule has 0 fully saturated rings. The van der Waals surface area contributed by atoms with Gasteiger partial charge in [0.2, 0.25) is 0 Å². The number of likely N-dealkylation sites (N-methyl/N-ethyl adjacent to an activating group) is 1. The lowest BCUT2D eigenvalue weighted by Gasteiger charge is -2.19. The largest absolute Gasteiger partial charge is 0.312 e. The van der Waals surface area contributed by atoms with Crippen LogP contribution in [0.3, 0.4) is 0 Å². The van der Waals surface area contributed by atoms with Gasteiger partial charge in [-0.25, -0.2) is 0 Å². The number of benzene rings is 1. The van der Waals surface area contributed by atoms with Gasteiger partial charge in [0.05, 0.1) is 10.6 Å². The van der Waals surface area contributed by atoms with E-state index in [9.17, 15) is 0 Å². The molecule has 0 radical (unpaired) electrons. The zero-order valence-corrected chi connectivity index (χ0v) is 13.8. The molecule has 0 saturated carbocycles. The van der Waals surface area contributed by atoms with Gasteiger partial charge in [0.15, 0.2) is 0 Å². The fourth-order valence-corrected chi connectivity index (χ4v) is 3.63. The van der Waals surface area contributed by atoms with Crippen LogP contribution in [0.25, 0.3) is 0 Å². The van der Waals surface area contributed by atoms with E-state index in [0.29, 0.717) is 6.04 Å². The van der Waals surface area contributed by atoms with Crippen LogP contribution in [0.2, 0.25) is 0 Å². The molecule has 0 amide bonds. The van der Waals surface area contributed by atoms with E-state index in [-0.39, 0.29) is 0 Å². The third kappa shape index (κ3) is 3.07. The minimum absolute atomic E-state index is 0.296. The van der Waals surface area contributed by atoms with Crippen molar-refractivity contribution in [3.63, 3.8) is 0 Å². The van der Waals surface area contributed by atoms with Crippen molar-refractivity contribution in [2.75, 3.05) is 7.05 Å². The third-order valence-corrected chi connectivity index (χ3v) is 4.71. The summed E-state index contributed by atoms with van der Waals surface area (Å²) in [6.07, 6.45) is 1.93. The number of aryl methyl sites for hydroxylation is 4. The molecule has 1 aromatic heterocycles. The summed E-state index contributed by atoms with van der Waals surface area (Å²) in [6.45, 7) is 8.69. The number of nitrogens with zero attached hydrogens (tertiary/aromatic N) is 2. The van der Waals surface area contributed by atoms with Gasteiger partial charge < -0.3 is 5.32 Å². The van der Waals surface area contributed by atoms with E-state index in [1.54, 1.807) is 0 Å². The van der Waals surface area contributed by atoms with Crippen molar-refractivity contribution in [3.05, 3.63) is 45.0 Å². The molecule has 1 heterocycles. The monoisotopic (exact) mass is 289 g/mol. The van der Waals surface area contributed by atoms with Gasteiger partial charge in [0.1, 0.15) is 0 Å². The summed E-state index contributed by atoms with van der Waals surface area (Å²) >= 11 is 1.52. The molecule has 108 valence electrons. The van der Waals surface area contributed by atoms with Crippen molar-refractivity contribution in [2.45, 2.75) is 46.6 Å². The summed E-state index contributed by atoms with van der Waals surface area (Å²) in [5.74, 6) is 0. The van der Waals surface area contributed by atoms with E-state index in [1.165, 1.54) is 38.7 Å². The highest BCUT2D eigenvalue weighted by Crippen LogP contribution is 2.27. The number of nitrogens with one attached hydrogen (secondary N) is 1. The predicted molar refractivity (Wildman–Crippen MR) is 85.4 cm³/mol. The van der Waals surface area contributed by atoms with Gasteiger partial charge in [-0.1, -0.05) is 29.1 Å². The average Bonchev–Trinajstić information content (AvgIpc) is 2.86. The molecule has 0 spiro atoms. The summed E-state index contributed by atoms with van der Waals surface area (Å²) in [7, 11) is 2.02. The molecule has 2 aromatic rings. The highest BCUT2D eigenvalue weighted by molar-refractivity contribution is 7.05. The van der Waals surface area contributed by atoms with Crippen LogP contribution in [0, 0.1) is 20.8 Å². The topological polar surface area (TPSA) is 37.8 Å². The van der Waals surface area contributed by atoms with Gasteiger partial charge in [-0.05, 0) is 68.9 Å². The van der Waals surface area contributed by atoms with Crippen molar-refractivity contribution in [3.8, 4) is 0 Å². The van der Waals surface area contributed by atoms with Crippen LogP contribution in [0.4, 0.5) is 0 Å². The number of aromatic nitrogens is 2. The standard InChI is InChI=1S/C16H23N3S/c1-6-14-16(20-19-18-14)15(17-5)9-13-11(3)7-10(2)8-12(13)4/h7-8,15,17H,6,9H2,1-5H3. The van der Waals surface area contributed by atoms with Crippen LogP contribution < -0.4 is 5.32 Å². The average molecular weight is 289 g/mol. The molecule has 4 heteroatoms. The minimum Gasteiger partial charge on any atom is -0.312 e. The molecule has 0 bridgehead atoms. The number of rotatable bonds is 5. The van der Waals surface area contributed by atoms with Crippen molar-refractivity contribution < 1.29 is 0 Å². The maximum Gasteiger partial charge on any atom is 0.0801 e. The lowest BCUT2D eigenvalue weighted by molar-refractivity contribution is 0.592. The first-order valence-corrected chi connectivity index (χ1v) is 7.89. The van der Waals surface area contributed by atoms with Gasteiger partial charge in [-0.2, -0.15) is 0 Å². The lowest BCUT2D eigenvalue weighted by Crippen LogP contribution is -2.20. The molecule has 3 nitrogen and oxygen atoms in total. The molecule has 1 unspecified atom stereocenters. The zero-order valence-electron chi connectivity index (χ0n) is 12.9. The second-order valence-electron chi connectivity index (χ2n) is 5.36. The second-order valence-corrected chi connectivity index (χ2v) is 6.15. The first kappa shape index (κ1) is 15.1. The van der Waals surface area contributed by atoms with Crippen LogP contribution >= 0.6 is 11.5 Å². The molecule has 1 atom stereocenters. The van der Waals surface area contributed by atoms with E-state index >= 15 is 0 Å². The number of hydrogen-bond donors (Lipinski definition) is 1. The smallest absolute Gasteiger partial charge is 0.0801 e. The molecule has 0 saturated heterocycles. The zero-order chi connectivity index (χ0) is 14.7. The fraction of sp³-hybridized carbons (Fsp3) is 0.500.